The zero-order valence-corrected chi connectivity index (χ0v) is 18.9. The third-order valence-electron chi connectivity index (χ3n) is 5.58. The fourth-order valence-corrected chi connectivity index (χ4v) is 5.32. The molecule has 4 rings (SSSR count). The van der Waals surface area contributed by atoms with E-state index in [0.717, 1.165) is 58.3 Å². The highest BCUT2D eigenvalue weighted by molar-refractivity contribution is 7.18. The third kappa shape index (κ3) is 4.04. The van der Waals surface area contributed by atoms with E-state index in [1.165, 1.54) is 4.88 Å². The Morgan fingerprint density at radius 2 is 2.00 bits per heavy atom. The highest BCUT2D eigenvalue weighted by atomic mass is 32.1. The number of nitrogens with zero attached hydrogens (tertiary/aromatic N) is 3. The van der Waals surface area contributed by atoms with Gasteiger partial charge in [-0.15, -0.1) is 11.3 Å². The number of hydrogen-bond acceptors (Lipinski definition) is 5. The Kier molecular flexibility index (Phi) is 5.75. The Morgan fingerprint density at radius 1 is 1.23 bits per heavy atom. The van der Waals surface area contributed by atoms with Crippen LogP contribution in [0.2, 0.25) is 0 Å². The van der Waals surface area contributed by atoms with Gasteiger partial charge in [0.15, 0.2) is 0 Å². The van der Waals surface area contributed by atoms with Crippen molar-refractivity contribution < 1.29 is 4.79 Å². The summed E-state index contributed by atoms with van der Waals surface area (Å²) in [7, 11) is 3.88. The minimum absolute atomic E-state index is 0.0387. The van der Waals surface area contributed by atoms with Gasteiger partial charge in [-0.2, -0.15) is 0 Å². The van der Waals surface area contributed by atoms with Crippen LogP contribution in [-0.4, -0.2) is 34.5 Å². The predicted octanol–water partition coefficient (Wildman–Crippen LogP) is 3.65. The van der Waals surface area contributed by atoms with Gasteiger partial charge in [0, 0.05) is 10.6 Å². The quantitative estimate of drug-likeness (QED) is 0.679. The molecule has 2 heterocycles. The number of nitrogens with one attached hydrogen (secondary N) is 1. The average Bonchev–Trinajstić information content (AvgIpc) is 3.05. The molecule has 3 aromatic rings. The van der Waals surface area contributed by atoms with E-state index in [0.29, 0.717) is 12.4 Å². The van der Waals surface area contributed by atoms with Crippen LogP contribution in [0.25, 0.3) is 10.2 Å². The van der Waals surface area contributed by atoms with E-state index < -0.39 is 0 Å². The van der Waals surface area contributed by atoms with Crippen LogP contribution in [0.3, 0.4) is 0 Å². The number of rotatable bonds is 5. The molecule has 0 saturated carbocycles. The van der Waals surface area contributed by atoms with Gasteiger partial charge in [0.2, 0.25) is 5.91 Å². The first-order valence-electron chi connectivity index (χ1n) is 10.4. The predicted molar refractivity (Wildman–Crippen MR) is 122 cm³/mol. The maximum atomic E-state index is 13.5. The number of fused-ring (bicyclic) bond motifs is 3. The molecule has 0 unspecified atom stereocenters. The molecule has 0 aliphatic heterocycles. The third-order valence-corrected chi connectivity index (χ3v) is 6.77. The van der Waals surface area contributed by atoms with Crippen molar-refractivity contribution >= 4 is 33.1 Å². The molecule has 0 bridgehead atoms. The van der Waals surface area contributed by atoms with Crippen molar-refractivity contribution in [3.8, 4) is 0 Å². The van der Waals surface area contributed by atoms with E-state index in [4.69, 9.17) is 4.98 Å². The van der Waals surface area contributed by atoms with E-state index >= 15 is 0 Å². The van der Waals surface area contributed by atoms with Gasteiger partial charge in [-0.05, 0) is 76.4 Å². The summed E-state index contributed by atoms with van der Waals surface area (Å²) < 4.78 is 1.56. The topological polar surface area (TPSA) is 67.2 Å². The molecule has 7 heteroatoms. The zero-order valence-electron chi connectivity index (χ0n) is 18.0. The number of carbonyl (C=O) groups excluding carboxylic acids is 1. The van der Waals surface area contributed by atoms with Gasteiger partial charge in [-0.1, -0.05) is 12.1 Å². The smallest absolute Gasteiger partial charge is 0.263 e. The van der Waals surface area contributed by atoms with Crippen LogP contribution < -0.4 is 10.9 Å². The maximum absolute atomic E-state index is 13.5. The number of carbonyl (C=O) groups is 1. The lowest BCUT2D eigenvalue weighted by molar-refractivity contribution is -0.116. The second-order valence-electron chi connectivity index (χ2n) is 8.41. The zero-order chi connectivity index (χ0) is 21.4. The van der Waals surface area contributed by atoms with Gasteiger partial charge >= 0.3 is 0 Å². The Balaban J connectivity index is 1.74. The van der Waals surface area contributed by atoms with Crippen molar-refractivity contribution in [2.24, 2.45) is 0 Å². The van der Waals surface area contributed by atoms with E-state index in [2.05, 4.69) is 5.32 Å². The van der Waals surface area contributed by atoms with Crippen molar-refractivity contribution in [2.75, 3.05) is 19.4 Å². The molecule has 6 nitrogen and oxygen atoms in total. The maximum Gasteiger partial charge on any atom is 0.263 e. The number of aromatic nitrogens is 2. The van der Waals surface area contributed by atoms with E-state index in [-0.39, 0.29) is 18.0 Å². The van der Waals surface area contributed by atoms with Crippen molar-refractivity contribution in [1.29, 1.82) is 0 Å². The SMILES string of the molecule is Cc1ccc(C)c(NC(=O)Cn2c(CN(C)C)nc3sc4c(c3c2=O)CCCC4)c1. The molecule has 0 radical (unpaired) electrons. The first-order valence-corrected chi connectivity index (χ1v) is 11.2. The highest BCUT2D eigenvalue weighted by Crippen LogP contribution is 2.33. The molecule has 1 aliphatic rings. The molecule has 1 N–H and O–H groups in total. The molecular weight excluding hydrogens is 396 g/mol. The largest absolute Gasteiger partial charge is 0.324 e. The lowest BCUT2D eigenvalue weighted by atomic mass is 9.97. The highest BCUT2D eigenvalue weighted by Gasteiger charge is 2.23. The summed E-state index contributed by atoms with van der Waals surface area (Å²) in [6, 6.07) is 5.95. The van der Waals surface area contributed by atoms with Crippen LogP contribution in [0, 0.1) is 13.8 Å². The lowest BCUT2D eigenvalue weighted by Gasteiger charge is -2.17. The Hall–Kier alpha value is -2.51. The molecule has 0 fully saturated rings. The second kappa shape index (κ2) is 8.32. The van der Waals surface area contributed by atoms with Gasteiger partial charge in [-0.3, -0.25) is 14.2 Å². The number of anilines is 1. The summed E-state index contributed by atoms with van der Waals surface area (Å²) in [6.45, 7) is 4.42. The number of aryl methyl sites for hydroxylation is 4. The number of thiophene rings is 1. The monoisotopic (exact) mass is 424 g/mol. The Labute approximate surface area is 180 Å². The molecule has 0 spiro atoms. The van der Waals surface area contributed by atoms with Crippen LogP contribution in [0.1, 0.15) is 40.2 Å². The summed E-state index contributed by atoms with van der Waals surface area (Å²) in [5, 5.41) is 3.69. The van der Waals surface area contributed by atoms with Crippen LogP contribution in [-0.2, 0) is 30.7 Å². The van der Waals surface area contributed by atoms with E-state index in [9.17, 15) is 9.59 Å². The van der Waals surface area contributed by atoms with Gasteiger partial charge in [0.25, 0.3) is 5.56 Å². The summed E-state index contributed by atoms with van der Waals surface area (Å²) in [4.78, 5) is 35.3. The summed E-state index contributed by atoms with van der Waals surface area (Å²) in [6.07, 6.45) is 4.21. The van der Waals surface area contributed by atoms with Crippen molar-refractivity contribution in [3.05, 3.63) is 55.9 Å². The summed E-state index contributed by atoms with van der Waals surface area (Å²) in [5.41, 5.74) is 3.92. The lowest BCUT2D eigenvalue weighted by Crippen LogP contribution is -2.33. The molecule has 30 heavy (non-hydrogen) atoms. The molecule has 2 aromatic heterocycles. The summed E-state index contributed by atoms with van der Waals surface area (Å²) >= 11 is 1.65. The van der Waals surface area contributed by atoms with Crippen LogP contribution in [0.15, 0.2) is 23.0 Å². The Bertz CT molecular complexity index is 1180. The van der Waals surface area contributed by atoms with Crippen LogP contribution in [0.5, 0.6) is 0 Å². The number of benzene rings is 1. The fourth-order valence-electron chi connectivity index (χ4n) is 4.05. The van der Waals surface area contributed by atoms with Crippen molar-refractivity contribution in [3.63, 3.8) is 0 Å². The van der Waals surface area contributed by atoms with Gasteiger partial charge < -0.3 is 10.2 Å². The van der Waals surface area contributed by atoms with Crippen LogP contribution in [0.4, 0.5) is 5.69 Å². The number of hydrogen-bond donors (Lipinski definition) is 1. The first-order chi connectivity index (χ1) is 14.3. The van der Waals surface area contributed by atoms with Crippen LogP contribution >= 0.6 is 11.3 Å². The van der Waals surface area contributed by atoms with E-state index in [1.807, 2.05) is 51.0 Å². The van der Waals surface area contributed by atoms with Gasteiger partial charge in [0.05, 0.1) is 11.9 Å². The molecule has 0 atom stereocenters. The molecule has 1 aromatic carbocycles. The Morgan fingerprint density at radius 3 is 2.77 bits per heavy atom. The van der Waals surface area contributed by atoms with Gasteiger partial charge in [-0.25, -0.2) is 4.98 Å². The van der Waals surface area contributed by atoms with Crippen molar-refractivity contribution in [2.45, 2.75) is 52.6 Å². The van der Waals surface area contributed by atoms with Crippen molar-refractivity contribution in [1.82, 2.24) is 14.5 Å². The number of amides is 1. The first kappa shape index (κ1) is 20.8. The second-order valence-corrected chi connectivity index (χ2v) is 9.50. The minimum Gasteiger partial charge on any atom is -0.324 e. The molecule has 1 aliphatic carbocycles. The summed E-state index contributed by atoms with van der Waals surface area (Å²) in [5.74, 6) is 0.420. The molecule has 1 amide bonds. The van der Waals surface area contributed by atoms with E-state index in [1.54, 1.807) is 15.9 Å². The molecule has 158 valence electrons. The minimum atomic E-state index is -0.212. The molecule has 0 saturated heterocycles. The molecular formula is C23H28N4O2S. The van der Waals surface area contributed by atoms with Gasteiger partial charge in [0.1, 0.15) is 17.2 Å². The fraction of sp³-hybridized carbons (Fsp3) is 0.435. The normalized spacial score (nSPS) is 13.6. The average molecular weight is 425 g/mol. The standard InChI is InChI=1S/C23H28N4O2S/c1-14-9-10-15(2)17(11-14)24-20(28)13-27-19(12-26(3)4)25-22-21(23(27)29)16-7-5-6-8-18(16)30-22/h9-11H,5-8,12-13H2,1-4H3,(H,24,28).